The van der Waals surface area contributed by atoms with Gasteiger partial charge >= 0.3 is 0 Å². The molecule has 1 fully saturated rings. The number of aryl methyl sites for hydroxylation is 1. The van der Waals surface area contributed by atoms with Gasteiger partial charge < -0.3 is 4.90 Å². The molecule has 4 heteroatoms. The zero-order chi connectivity index (χ0) is 14.4. The third-order valence-electron chi connectivity index (χ3n) is 3.57. The quantitative estimate of drug-likeness (QED) is 0.857. The second-order valence-corrected chi connectivity index (χ2v) is 5.33. The van der Waals surface area contributed by atoms with Gasteiger partial charge in [-0.1, -0.05) is 24.6 Å². The molecule has 0 bridgehead atoms. The minimum Gasteiger partial charge on any atom is -0.303 e. The number of nitrogens with one attached hydrogen (secondary N) is 1. The molecule has 1 heterocycles. The van der Waals surface area contributed by atoms with E-state index in [1.54, 1.807) is 0 Å². The van der Waals surface area contributed by atoms with Gasteiger partial charge in [0.1, 0.15) is 0 Å². The van der Waals surface area contributed by atoms with Crippen LogP contribution in [0.25, 0.3) is 0 Å². The minimum atomic E-state index is -0.128. The van der Waals surface area contributed by atoms with E-state index >= 15 is 0 Å². The lowest BCUT2D eigenvalue weighted by molar-refractivity contribution is 0.0954. The number of piperidine rings is 1. The van der Waals surface area contributed by atoms with E-state index in [2.05, 4.69) is 22.4 Å². The molecule has 0 radical (unpaired) electrons. The standard InChI is InChI=1S/C16H23N3O/c1-3-9-19-10-7-15(8-11-19)17-18-16(20)14-6-4-5-13(2)12-14/h4-6,12H,3,7-11H2,1-2H3,(H,18,20). The molecule has 1 amide bonds. The van der Waals surface area contributed by atoms with Crippen LogP contribution < -0.4 is 5.43 Å². The van der Waals surface area contributed by atoms with Crippen LogP contribution in [0.15, 0.2) is 29.4 Å². The lowest BCUT2D eigenvalue weighted by Gasteiger charge is -2.26. The normalized spacial score (nSPS) is 16.0. The molecule has 108 valence electrons. The van der Waals surface area contributed by atoms with Crippen molar-refractivity contribution in [2.45, 2.75) is 33.1 Å². The fourth-order valence-electron chi connectivity index (χ4n) is 2.44. The van der Waals surface area contributed by atoms with Crippen molar-refractivity contribution in [2.24, 2.45) is 5.10 Å². The average Bonchev–Trinajstić information content (AvgIpc) is 2.46. The summed E-state index contributed by atoms with van der Waals surface area (Å²) in [6, 6.07) is 7.55. The summed E-state index contributed by atoms with van der Waals surface area (Å²) < 4.78 is 0. The molecule has 1 aliphatic rings. The summed E-state index contributed by atoms with van der Waals surface area (Å²) >= 11 is 0. The maximum Gasteiger partial charge on any atom is 0.271 e. The summed E-state index contributed by atoms with van der Waals surface area (Å²) in [6.45, 7) is 7.43. The highest BCUT2D eigenvalue weighted by molar-refractivity contribution is 5.95. The number of rotatable bonds is 4. The molecule has 0 saturated carbocycles. The second-order valence-electron chi connectivity index (χ2n) is 5.33. The zero-order valence-corrected chi connectivity index (χ0v) is 12.4. The summed E-state index contributed by atoms with van der Waals surface area (Å²) in [4.78, 5) is 14.4. The Hall–Kier alpha value is -1.68. The third kappa shape index (κ3) is 4.17. The van der Waals surface area contributed by atoms with E-state index in [0.717, 1.165) is 43.8 Å². The van der Waals surface area contributed by atoms with Crippen molar-refractivity contribution in [2.75, 3.05) is 19.6 Å². The highest BCUT2D eigenvalue weighted by Crippen LogP contribution is 2.08. The maximum absolute atomic E-state index is 12.0. The Labute approximate surface area is 120 Å². The Morgan fingerprint density at radius 2 is 2.10 bits per heavy atom. The Morgan fingerprint density at radius 3 is 2.75 bits per heavy atom. The number of hydrogen-bond acceptors (Lipinski definition) is 3. The minimum absolute atomic E-state index is 0.128. The molecular formula is C16H23N3O. The van der Waals surface area contributed by atoms with Crippen LogP contribution in [0.4, 0.5) is 0 Å². The molecule has 1 N–H and O–H groups in total. The van der Waals surface area contributed by atoms with E-state index in [4.69, 9.17) is 0 Å². The monoisotopic (exact) mass is 273 g/mol. The van der Waals surface area contributed by atoms with Crippen molar-refractivity contribution < 1.29 is 4.79 Å². The van der Waals surface area contributed by atoms with Gasteiger partial charge in [0.2, 0.25) is 0 Å². The molecule has 1 aromatic rings. The van der Waals surface area contributed by atoms with Crippen molar-refractivity contribution in [3.63, 3.8) is 0 Å². The maximum atomic E-state index is 12.0. The predicted molar refractivity (Wildman–Crippen MR) is 82.0 cm³/mol. The van der Waals surface area contributed by atoms with Crippen LogP contribution in [0.3, 0.4) is 0 Å². The lowest BCUT2D eigenvalue weighted by atomic mass is 10.1. The number of likely N-dealkylation sites (tertiary alicyclic amines) is 1. The molecule has 0 spiro atoms. The molecule has 0 aromatic heterocycles. The summed E-state index contributed by atoms with van der Waals surface area (Å²) in [5.41, 5.74) is 5.52. The molecule has 0 unspecified atom stereocenters. The van der Waals surface area contributed by atoms with Crippen molar-refractivity contribution in [1.82, 2.24) is 10.3 Å². The largest absolute Gasteiger partial charge is 0.303 e. The van der Waals surface area contributed by atoms with Gasteiger partial charge in [-0.3, -0.25) is 4.79 Å². The van der Waals surface area contributed by atoms with Gasteiger partial charge in [0.25, 0.3) is 5.91 Å². The van der Waals surface area contributed by atoms with Gasteiger partial charge in [0.15, 0.2) is 0 Å². The second kappa shape index (κ2) is 7.20. The molecule has 20 heavy (non-hydrogen) atoms. The zero-order valence-electron chi connectivity index (χ0n) is 12.4. The van der Waals surface area contributed by atoms with Gasteiger partial charge in [-0.15, -0.1) is 0 Å². The molecule has 0 aliphatic carbocycles. The van der Waals surface area contributed by atoms with E-state index in [-0.39, 0.29) is 5.91 Å². The number of hydrogen-bond donors (Lipinski definition) is 1. The molecule has 1 aliphatic heterocycles. The van der Waals surface area contributed by atoms with Crippen LogP contribution in [-0.4, -0.2) is 36.2 Å². The molecular weight excluding hydrogens is 250 g/mol. The van der Waals surface area contributed by atoms with Crippen LogP contribution in [0.1, 0.15) is 42.1 Å². The Bertz CT molecular complexity index is 486. The summed E-state index contributed by atoms with van der Waals surface area (Å²) in [5, 5.41) is 4.27. The molecule has 4 nitrogen and oxygen atoms in total. The van der Waals surface area contributed by atoms with Gasteiger partial charge in [-0.05, 0) is 32.0 Å². The first kappa shape index (κ1) is 14.7. The van der Waals surface area contributed by atoms with E-state index < -0.39 is 0 Å². The Morgan fingerprint density at radius 1 is 1.35 bits per heavy atom. The summed E-state index contributed by atoms with van der Waals surface area (Å²) in [7, 11) is 0. The highest BCUT2D eigenvalue weighted by Gasteiger charge is 2.14. The van der Waals surface area contributed by atoms with Crippen LogP contribution in [0, 0.1) is 6.92 Å². The molecule has 2 rings (SSSR count). The number of benzene rings is 1. The molecule has 0 atom stereocenters. The fraction of sp³-hybridized carbons (Fsp3) is 0.500. The highest BCUT2D eigenvalue weighted by atomic mass is 16.2. The van der Waals surface area contributed by atoms with Gasteiger partial charge in [-0.25, -0.2) is 5.43 Å². The van der Waals surface area contributed by atoms with E-state index in [0.29, 0.717) is 5.56 Å². The van der Waals surface area contributed by atoms with E-state index in [9.17, 15) is 4.79 Å². The van der Waals surface area contributed by atoms with Crippen LogP contribution in [0.2, 0.25) is 0 Å². The SMILES string of the molecule is CCCN1CCC(=NNC(=O)c2cccc(C)c2)CC1. The topological polar surface area (TPSA) is 44.7 Å². The van der Waals surface area contributed by atoms with Crippen molar-refractivity contribution in [3.05, 3.63) is 35.4 Å². The van der Waals surface area contributed by atoms with Crippen molar-refractivity contribution >= 4 is 11.6 Å². The van der Waals surface area contributed by atoms with E-state index in [1.165, 1.54) is 6.42 Å². The Balaban J connectivity index is 1.86. The lowest BCUT2D eigenvalue weighted by Crippen LogP contribution is -2.35. The number of carbonyl (C=O) groups excluding carboxylic acids is 1. The van der Waals surface area contributed by atoms with Crippen molar-refractivity contribution in [3.8, 4) is 0 Å². The molecule has 1 saturated heterocycles. The first-order valence-electron chi connectivity index (χ1n) is 7.34. The Kier molecular flexibility index (Phi) is 5.30. The third-order valence-corrected chi connectivity index (χ3v) is 3.57. The number of carbonyl (C=O) groups is 1. The van der Waals surface area contributed by atoms with Crippen molar-refractivity contribution in [1.29, 1.82) is 0 Å². The van der Waals surface area contributed by atoms with Crippen LogP contribution in [0.5, 0.6) is 0 Å². The smallest absolute Gasteiger partial charge is 0.271 e. The van der Waals surface area contributed by atoms with Gasteiger partial charge in [0.05, 0.1) is 0 Å². The number of nitrogens with zero attached hydrogens (tertiary/aromatic N) is 2. The first-order chi connectivity index (χ1) is 9.69. The number of amides is 1. The first-order valence-corrected chi connectivity index (χ1v) is 7.34. The predicted octanol–water partition coefficient (Wildman–Crippen LogP) is 2.59. The van der Waals surface area contributed by atoms with Gasteiger partial charge in [0, 0.05) is 37.2 Å². The van der Waals surface area contributed by atoms with E-state index in [1.807, 2.05) is 31.2 Å². The summed E-state index contributed by atoms with van der Waals surface area (Å²) in [6.07, 6.45) is 3.10. The summed E-state index contributed by atoms with van der Waals surface area (Å²) in [5.74, 6) is -0.128. The number of hydrazone groups is 1. The van der Waals surface area contributed by atoms with Gasteiger partial charge in [-0.2, -0.15) is 5.10 Å². The van der Waals surface area contributed by atoms with Crippen LogP contribution in [-0.2, 0) is 0 Å². The fourth-order valence-corrected chi connectivity index (χ4v) is 2.44. The average molecular weight is 273 g/mol. The molecule has 1 aromatic carbocycles. The van der Waals surface area contributed by atoms with Crippen LogP contribution >= 0.6 is 0 Å².